The summed E-state index contributed by atoms with van der Waals surface area (Å²) in [6.45, 7) is 6.37. The second kappa shape index (κ2) is 9.97. The number of piperidine rings is 1. The zero-order valence-corrected chi connectivity index (χ0v) is 22.3. The highest BCUT2D eigenvalue weighted by atomic mass is 32.2. The SMILES string of the molecule is Cc1cc(N(C)C(=O)O)cc(C)c1/C=C/S(=O)(=O)N1CCC2(CC1)N=C(C1CCC(C)CC1)NC2=O. The number of nitrogens with one attached hydrogen (secondary N) is 1. The molecule has 1 saturated carbocycles. The van der Waals surface area contributed by atoms with Gasteiger partial charge < -0.3 is 10.4 Å². The van der Waals surface area contributed by atoms with Crippen LogP contribution >= 0.6 is 0 Å². The Morgan fingerprint density at radius 2 is 1.75 bits per heavy atom. The second-order valence-electron chi connectivity index (χ2n) is 10.5. The molecule has 1 aromatic rings. The Bertz CT molecular complexity index is 1180. The van der Waals surface area contributed by atoms with Crippen LogP contribution in [-0.4, -0.2) is 61.3 Å². The summed E-state index contributed by atoms with van der Waals surface area (Å²) in [5.41, 5.74) is 1.97. The van der Waals surface area contributed by atoms with Crippen molar-refractivity contribution in [3.05, 3.63) is 34.2 Å². The van der Waals surface area contributed by atoms with Crippen LogP contribution in [0.4, 0.5) is 10.5 Å². The first-order chi connectivity index (χ1) is 16.9. The van der Waals surface area contributed by atoms with Gasteiger partial charge in [0.15, 0.2) is 0 Å². The molecule has 196 valence electrons. The lowest BCUT2D eigenvalue weighted by molar-refractivity contribution is -0.125. The number of amides is 2. The maximum Gasteiger partial charge on any atom is 0.411 e. The van der Waals surface area contributed by atoms with E-state index in [1.165, 1.54) is 16.8 Å². The highest BCUT2D eigenvalue weighted by Gasteiger charge is 2.48. The summed E-state index contributed by atoms with van der Waals surface area (Å²) in [6.07, 6.45) is 5.59. The molecule has 1 spiro atoms. The quantitative estimate of drug-likeness (QED) is 0.615. The van der Waals surface area contributed by atoms with Crippen molar-refractivity contribution in [3.63, 3.8) is 0 Å². The van der Waals surface area contributed by atoms with Crippen molar-refractivity contribution in [2.75, 3.05) is 25.0 Å². The third-order valence-electron chi connectivity index (χ3n) is 7.97. The number of rotatable bonds is 5. The zero-order valence-electron chi connectivity index (χ0n) is 21.5. The third kappa shape index (κ3) is 5.20. The van der Waals surface area contributed by atoms with Gasteiger partial charge in [-0.25, -0.2) is 13.2 Å². The molecule has 0 radical (unpaired) electrons. The molecule has 2 fully saturated rings. The molecular formula is C26H36N4O5S. The van der Waals surface area contributed by atoms with Crippen LogP contribution in [-0.2, 0) is 14.8 Å². The van der Waals surface area contributed by atoms with Crippen molar-refractivity contribution in [2.24, 2.45) is 16.8 Å². The average molecular weight is 517 g/mol. The Labute approximate surface area is 213 Å². The van der Waals surface area contributed by atoms with Crippen LogP contribution < -0.4 is 10.2 Å². The molecule has 1 saturated heterocycles. The van der Waals surface area contributed by atoms with Gasteiger partial charge in [-0.2, -0.15) is 4.31 Å². The number of amidine groups is 1. The smallest absolute Gasteiger partial charge is 0.411 e. The van der Waals surface area contributed by atoms with Crippen molar-refractivity contribution < 1.29 is 23.1 Å². The van der Waals surface area contributed by atoms with E-state index >= 15 is 0 Å². The van der Waals surface area contributed by atoms with Gasteiger partial charge in [0.2, 0.25) is 10.0 Å². The molecule has 1 aliphatic carbocycles. The van der Waals surface area contributed by atoms with Crippen LogP contribution in [0.2, 0.25) is 0 Å². The molecule has 1 aromatic carbocycles. The molecule has 3 aliphatic rings. The number of sulfonamides is 1. The standard InChI is InChI=1S/C26H36N4O5S/c1-17-5-7-20(8-6-17)23-27-24(31)26(28-23)10-12-30(13-11-26)36(34,35)14-9-22-18(2)15-21(16-19(22)3)29(4)25(32)33/h9,14-17,20H,5-8,10-13H2,1-4H3,(H,32,33)(H,27,28,31)/b14-9+. The molecule has 0 atom stereocenters. The van der Waals surface area contributed by atoms with Crippen molar-refractivity contribution in [1.29, 1.82) is 0 Å². The monoisotopic (exact) mass is 516 g/mol. The summed E-state index contributed by atoms with van der Waals surface area (Å²) in [7, 11) is -2.23. The van der Waals surface area contributed by atoms with Crippen molar-refractivity contribution in [2.45, 2.75) is 64.8 Å². The van der Waals surface area contributed by atoms with Crippen LogP contribution in [0.5, 0.6) is 0 Å². The van der Waals surface area contributed by atoms with E-state index in [2.05, 4.69) is 12.2 Å². The summed E-state index contributed by atoms with van der Waals surface area (Å²) in [5, 5.41) is 13.4. The molecule has 0 bridgehead atoms. The van der Waals surface area contributed by atoms with Gasteiger partial charge in [0, 0.05) is 37.2 Å². The Morgan fingerprint density at radius 1 is 1.17 bits per heavy atom. The first-order valence-electron chi connectivity index (χ1n) is 12.6. The van der Waals surface area contributed by atoms with Crippen molar-refractivity contribution >= 4 is 39.6 Å². The summed E-state index contributed by atoms with van der Waals surface area (Å²) in [6, 6.07) is 3.44. The lowest BCUT2D eigenvalue weighted by Gasteiger charge is -2.34. The first kappa shape index (κ1) is 26.3. The number of carbonyl (C=O) groups excluding carboxylic acids is 1. The van der Waals surface area contributed by atoms with E-state index in [1.807, 2.05) is 13.8 Å². The Hall–Kier alpha value is -2.72. The molecule has 36 heavy (non-hydrogen) atoms. The summed E-state index contributed by atoms with van der Waals surface area (Å²) in [4.78, 5) is 30.1. The number of carboxylic acid groups (broad SMARTS) is 1. The topological polar surface area (TPSA) is 119 Å². The van der Waals surface area contributed by atoms with Crippen LogP contribution in [0.25, 0.3) is 6.08 Å². The molecule has 0 aromatic heterocycles. The number of anilines is 1. The lowest BCUT2D eigenvalue weighted by Crippen LogP contribution is -2.50. The van der Waals surface area contributed by atoms with Gasteiger partial charge in [-0.1, -0.05) is 19.8 Å². The minimum atomic E-state index is -3.69. The molecule has 2 heterocycles. The number of hydrogen-bond donors (Lipinski definition) is 2. The molecular weight excluding hydrogens is 480 g/mol. The van der Waals surface area contributed by atoms with Crippen molar-refractivity contribution in [3.8, 4) is 0 Å². The number of nitrogens with zero attached hydrogens (tertiary/aromatic N) is 3. The van der Waals surface area contributed by atoms with Crippen LogP contribution in [0, 0.1) is 25.7 Å². The molecule has 10 heteroatoms. The number of aryl methyl sites for hydroxylation is 2. The van der Waals surface area contributed by atoms with Crippen LogP contribution in [0.1, 0.15) is 62.1 Å². The van der Waals surface area contributed by atoms with E-state index in [0.29, 0.717) is 30.4 Å². The molecule has 2 aliphatic heterocycles. The van der Waals surface area contributed by atoms with Crippen LogP contribution in [0.15, 0.2) is 22.5 Å². The fourth-order valence-electron chi connectivity index (χ4n) is 5.48. The molecule has 4 rings (SSSR count). The summed E-state index contributed by atoms with van der Waals surface area (Å²) < 4.78 is 27.6. The predicted molar refractivity (Wildman–Crippen MR) is 141 cm³/mol. The van der Waals surface area contributed by atoms with E-state index in [9.17, 15) is 23.1 Å². The van der Waals surface area contributed by atoms with Gasteiger partial charge in [-0.15, -0.1) is 0 Å². The summed E-state index contributed by atoms with van der Waals surface area (Å²) >= 11 is 0. The maximum atomic E-state index is 13.1. The fraction of sp³-hybridized carbons (Fsp3) is 0.577. The van der Waals surface area contributed by atoms with E-state index in [4.69, 9.17) is 4.99 Å². The molecule has 2 amide bonds. The minimum absolute atomic E-state index is 0.0959. The van der Waals surface area contributed by atoms with Crippen molar-refractivity contribution in [1.82, 2.24) is 9.62 Å². The fourth-order valence-corrected chi connectivity index (χ4v) is 6.65. The maximum absolute atomic E-state index is 13.1. The molecule has 9 nitrogen and oxygen atoms in total. The van der Waals surface area contributed by atoms with Gasteiger partial charge in [-0.3, -0.25) is 14.7 Å². The minimum Gasteiger partial charge on any atom is -0.465 e. The van der Waals surface area contributed by atoms with Gasteiger partial charge in [0.05, 0.1) is 0 Å². The van der Waals surface area contributed by atoms with E-state index in [0.717, 1.165) is 53.1 Å². The average Bonchev–Trinajstić information content (AvgIpc) is 3.13. The van der Waals surface area contributed by atoms with Gasteiger partial charge in [-0.05, 0) is 80.3 Å². The normalized spacial score (nSPS) is 24.7. The summed E-state index contributed by atoms with van der Waals surface area (Å²) in [5.74, 6) is 1.71. The number of benzene rings is 1. The Morgan fingerprint density at radius 3 is 2.31 bits per heavy atom. The second-order valence-corrected chi connectivity index (χ2v) is 12.3. The highest BCUT2D eigenvalue weighted by Crippen LogP contribution is 2.36. The van der Waals surface area contributed by atoms with E-state index < -0.39 is 21.7 Å². The van der Waals surface area contributed by atoms with Gasteiger partial charge in [0.25, 0.3) is 5.91 Å². The zero-order chi connectivity index (χ0) is 26.3. The highest BCUT2D eigenvalue weighted by molar-refractivity contribution is 7.92. The third-order valence-corrected chi connectivity index (χ3v) is 9.54. The lowest BCUT2D eigenvalue weighted by atomic mass is 9.82. The first-order valence-corrected chi connectivity index (χ1v) is 14.1. The van der Waals surface area contributed by atoms with Crippen LogP contribution in [0.3, 0.4) is 0 Å². The van der Waals surface area contributed by atoms with Gasteiger partial charge in [0.1, 0.15) is 11.4 Å². The largest absolute Gasteiger partial charge is 0.465 e. The van der Waals surface area contributed by atoms with E-state index in [1.54, 1.807) is 18.2 Å². The predicted octanol–water partition coefficient (Wildman–Crippen LogP) is 3.91. The Kier molecular flexibility index (Phi) is 7.30. The van der Waals surface area contributed by atoms with E-state index in [-0.39, 0.29) is 19.0 Å². The molecule has 0 unspecified atom stereocenters. The number of hydrogen-bond acceptors (Lipinski definition) is 5. The Balaban J connectivity index is 1.44. The number of carbonyl (C=O) groups is 2. The number of aliphatic imine (C=N–C) groups is 1. The molecule has 2 N–H and O–H groups in total. The van der Waals surface area contributed by atoms with Gasteiger partial charge >= 0.3 is 6.09 Å².